The number of methoxy groups -OCH3 is 2. The van der Waals surface area contributed by atoms with Crippen LogP contribution in [0.1, 0.15) is 84.1 Å². The van der Waals surface area contributed by atoms with Crippen molar-refractivity contribution in [3.05, 3.63) is 109 Å². The van der Waals surface area contributed by atoms with Gasteiger partial charge in [-0.1, -0.05) is 193 Å². The normalized spacial score (nSPS) is 5.83. The molecule has 3 aromatic carbocycles. The Morgan fingerprint density at radius 3 is 0.278 bits per heavy atom. The second-order valence-electron chi connectivity index (χ2n) is 4.28. The number of rotatable bonds is 0. The van der Waals surface area contributed by atoms with Crippen molar-refractivity contribution in [1.82, 2.24) is 0 Å². The van der Waals surface area contributed by atoms with Crippen molar-refractivity contribution in [1.29, 1.82) is 0 Å². The Hall–Kier alpha value is -2.42. The van der Waals surface area contributed by atoms with Crippen LogP contribution in [0.3, 0.4) is 0 Å². The standard InChI is InChI=1S/3C6H6.2C2H6O.5C2H6.2CH4/c3*1-2-4-6-5-3-1;2*1-3-2;5*1-2;;/h3*1-6H;2*1-2H3;5*1-2H3;2*1H4. The summed E-state index contributed by atoms with van der Waals surface area (Å²) in [4.78, 5) is 0. The summed E-state index contributed by atoms with van der Waals surface area (Å²) in [5.74, 6) is 0. The first-order valence-corrected chi connectivity index (χ1v) is 12.6. The van der Waals surface area contributed by atoms with Gasteiger partial charge < -0.3 is 9.47 Å². The van der Waals surface area contributed by atoms with Crippen molar-refractivity contribution in [2.45, 2.75) is 84.1 Å². The van der Waals surface area contributed by atoms with Gasteiger partial charge >= 0.3 is 0 Å². The first-order chi connectivity index (χ1) is 16.8. The van der Waals surface area contributed by atoms with Crippen LogP contribution in [0.2, 0.25) is 0 Å². The summed E-state index contributed by atoms with van der Waals surface area (Å²) in [5, 5.41) is 0. The first-order valence-electron chi connectivity index (χ1n) is 12.6. The van der Waals surface area contributed by atoms with Gasteiger partial charge in [-0.25, -0.2) is 0 Å². The predicted octanol–water partition coefficient (Wildman–Crippen LogP) is 12.0. The van der Waals surface area contributed by atoms with E-state index in [1.807, 2.05) is 178 Å². The Bertz CT molecular complexity index is 328. The zero-order valence-electron chi connectivity index (χ0n) is 25.2. The average molecular weight is 509 g/mol. The second kappa shape index (κ2) is 105. The van der Waals surface area contributed by atoms with Gasteiger partial charge in [0, 0.05) is 28.4 Å². The van der Waals surface area contributed by atoms with Gasteiger partial charge in [0.05, 0.1) is 0 Å². The van der Waals surface area contributed by atoms with Crippen molar-refractivity contribution in [3.8, 4) is 0 Å². The van der Waals surface area contributed by atoms with E-state index < -0.39 is 0 Å². The lowest BCUT2D eigenvalue weighted by molar-refractivity contribution is 0.277. The molecule has 0 bridgehead atoms. The fraction of sp³-hybridized carbons (Fsp3) is 0.471. The minimum atomic E-state index is 0. The van der Waals surface area contributed by atoms with Gasteiger partial charge in [0.2, 0.25) is 0 Å². The fourth-order valence-electron chi connectivity index (χ4n) is 1.15. The van der Waals surface area contributed by atoms with Crippen molar-refractivity contribution in [2.75, 3.05) is 28.4 Å². The monoisotopic (exact) mass is 509 g/mol. The smallest absolute Gasteiger partial charge is 0.0351 e. The van der Waals surface area contributed by atoms with Crippen molar-refractivity contribution < 1.29 is 9.47 Å². The Morgan fingerprint density at radius 2 is 0.250 bits per heavy atom. The van der Waals surface area contributed by atoms with Crippen molar-refractivity contribution >= 4 is 0 Å². The largest absolute Gasteiger partial charge is 0.388 e. The molecule has 0 unspecified atom stereocenters. The summed E-state index contributed by atoms with van der Waals surface area (Å²) in [5.41, 5.74) is 0. The highest BCUT2D eigenvalue weighted by Crippen LogP contribution is 1.81. The van der Waals surface area contributed by atoms with Gasteiger partial charge in [0.15, 0.2) is 0 Å². The molecular formula is C34H68O2. The lowest BCUT2D eigenvalue weighted by atomic mass is 10.4. The highest BCUT2D eigenvalue weighted by molar-refractivity contribution is 5.00. The first kappa shape index (κ1) is 59.0. The zero-order chi connectivity index (χ0) is 28.1. The summed E-state index contributed by atoms with van der Waals surface area (Å²) in [6, 6.07) is 36.0. The van der Waals surface area contributed by atoms with Gasteiger partial charge in [-0.05, 0) is 0 Å². The quantitative estimate of drug-likeness (QED) is 0.300. The second-order valence-corrected chi connectivity index (χ2v) is 4.28. The molecule has 0 aliphatic carbocycles. The predicted molar refractivity (Wildman–Crippen MR) is 175 cm³/mol. The van der Waals surface area contributed by atoms with Crippen LogP contribution < -0.4 is 0 Å². The van der Waals surface area contributed by atoms with Crippen LogP contribution in [0.25, 0.3) is 0 Å². The molecule has 0 heterocycles. The molecule has 216 valence electrons. The van der Waals surface area contributed by atoms with E-state index in [1.165, 1.54) is 0 Å². The topological polar surface area (TPSA) is 18.5 Å². The van der Waals surface area contributed by atoms with E-state index in [0.29, 0.717) is 0 Å². The van der Waals surface area contributed by atoms with E-state index in [2.05, 4.69) is 9.47 Å². The highest BCUT2D eigenvalue weighted by atomic mass is 16.5. The van der Waals surface area contributed by atoms with Gasteiger partial charge in [-0.3, -0.25) is 0 Å². The summed E-state index contributed by atoms with van der Waals surface area (Å²) in [6.45, 7) is 20.0. The maximum absolute atomic E-state index is 4.25. The van der Waals surface area contributed by atoms with Crippen LogP contribution in [0, 0.1) is 0 Å². The maximum Gasteiger partial charge on any atom is 0.0351 e. The van der Waals surface area contributed by atoms with Gasteiger partial charge in [0.25, 0.3) is 0 Å². The van der Waals surface area contributed by atoms with Crippen molar-refractivity contribution in [3.63, 3.8) is 0 Å². The van der Waals surface area contributed by atoms with E-state index in [-0.39, 0.29) is 14.9 Å². The van der Waals surface area contributed by atoms with E-state index in [9.17, 15) is 0 Å². The highest BCUT2D eigenvalue weighted by Gasteiger charge is 1.59. The third kappa shape index (κ3) is 122. The molecule has 0 radical (unpaired) electrons. The lowest BCUT2D eigenvalue weighted by Gasteiger charge is -1.69. The molecule has 0 N–H and O–H groups in total. The average Bonchev–Trinajstić information content (AvgIpc) is 2.98. The molecule has 0 aliphatic rings. The molecule has 0 amide bonds. The molecule has 0 aliphatic heterocycles. The third-order valence-electron chi connectivity index (χ3n) is 2.00. The van der Waals surface area contributed by atoms with E-state index in [0.717, 1.165) is 0 Å². The van der Waals surface area contributed by atoms with Crippen LogP contribution in [0.5, 0.6) is 0 Å². The molecule has 36 heavy (non-hydrogen) atoms. The molecule has 2 heteroatoms. The van der Waals surface area contributed by atoms with Crippen LogP contribution in [-0.4, -0.2) is 28.4 Å². The molecule has 3 aromatic rings. The Morgan fingerprint density at radius 1 is 0.222 bits per heavy atom. The molecule has 0 aromatic heterocycles. The molecule has 0 fully saturated rings. The van der Waals surface area contributed by atoms with E-state index in [4.69, 9.17) is 0 Å². The minimum absolute atomic E-state index is 0. The number of hydrogen-bond acceptors (Lipinski definition) is 2. The van der Waals surface area contributed by atoms with Crippen LogP contribution in [0.15, 0.2) is 109 Å². The van der Waals surface area contributed by atoms with E-state index >= 15 is 0 Å². The van der Waals surface area contributed by atoms with Gasteiger partial charge in [0.1, 0.15) is 0 Å². The maximum atomic E-state index is 4.25. The summed E-state index contributed by atoms with van der Waals surface area (Å²) in [6.07, 6.45) is 0. The minimum Gasteiger partial charge on any atom is -0.388 e. The number of benzene rings is 3. The van der Waals surface area contributed by atoms with E-state index in [1.54, 1.807) is 28.4 Å². The van der Waals surface area contributed by atoms with Gasteiger partial charge in [-0.2, -0.15) is 0 Å². The molecule has 3 rings (SSSR count). The molecular weight excluding hydrogens is 440 g/mol. The molecule has 0 spiro atoms. The third-order valence-corrected chi connectivity index (χ3v) is 2.00. The van der Waals surface area contributed by atoms with Crippen LogP contribution in [0.4, 0.5) is 0 Å². The summed E-state index contributed by atoms with van der Waals surface area (Å²) in [7, 11) is 6.50. The Kier molecular flexibility index (Phi) is 172. The molecule has 2 nitrogen and oxygen atoms in total. The van der Waals surface area contributed by atoms with Crippen LogP contribution in [-0.2, 0) is 9.47 Å². The van der Waals surface area contributed by atoms with Gasteiger partial charge in [-0.15, -0.1) is 0 Å². The summed E-state index contributed by atoms with van der Waals surface area (Å²) >= 11 is 0. The number of ether oxygens (including phenoxy) is 2. The molecule has 0 atom stereocenters. The number of hydrogen-bond donors (Lipinski definition) is 0. The zero-order valence-corrected chi connectivity index (χ0v) is 25.2. The lowest BCUT2D eigenvalue weighted by Crippen LogP contribution is -1.55. The Balaban J connectivity index is -0.0000000335. The molecule has 0 saturated heterocycles. The Labute approximate surface area is 231 Å². The SMILES string of the molecule is C.C.CC.CC.CC.CC.CC.COC.COC.c1ccccc1.c1ccccc1.c1ccccc1. The summed E-state index contributed by atoms with van der Waals surface area (Å²) < 4.78 is 8.50. The van der Waals surface area contributed by atoms with Crippen LogP contribution >= 0.6 is 0 Å². The van der Waals surface area contributed by atoms with Crippen molar-refractivity contribution in [2.24, 2.45) is 0 Å². The molecule has 0 saturated carbocycles. The fourth-order valence-corrected chi connectivity index (χ4v) is 1.15.